The highest BCUT2D eigenvalue weighted by atomic mass is 19.1. The second kappa shape index (κ2) is 4.30. The number of halogens is 1. The molecule has 1 aromatic carbocycles. The summed E-state index contributed by atoms with van der Waals surface area (Å²) in [5.41, 5.74) is 5.53. The molecule has 0 saturated heterocycles. The van der Waals surface area contributed by atoms with Gasteiger partial charge in [0.25, 0.3) is 0 Å². The Morgan fingerprint density at radius 1 is 1.47 bits per heavy atom. The van der Waals surface area contributed by atoms with Crippen molar-refractivity contribution in [1.82, 2.24) is 5.16 Å². The molecule has 6 nitrogen and oxygen atoms in total. The first-order chi connectivity index (χ1) is 8.11. The summed E-state index contributed by atoms with van der Waals surface area (Å²) in [5.74, 6) is -0.437. The lowest BCUT2D eigenvalue weighted by atomic mass is 10.1. The van der Waals surface area contributed by atoms with E-state index in [4.69, 9.17) is 10.3 Å². The fourth-order valence-electron chi connectivity index (χ4n) is 1.36. The largest absolute Gasteiger partial charge is 0.359 e. The Kier molecular flexibility index (Phi) is 2.84. The Labute approximate surface area is 95.0 Å². The molecule has 0 atom stereocenters. The minimum atomic E-state index is -0.888. The molecular weight excluding hydrogens is 229 g/mol. The number of rotatable bonds is 3. The Morgan fingerprint density at radius 2 is 2.24 bits per heavy atom. The summed E-state index contributed by atoms with van der Waals surface area (Å²) >= 11 is 0. The van der Waals surface area contributed by atoms with Crippen LogP contribution >= 0.6 is 0 Å². The molecule has 17 heavy (non-hydrogen) atoms. The van der Waals surface area contributed by atoms with Gasteiger partial charge in [0.1, 0.15) is 5.69 Å². The van der Waals surface area contributed by atoms with E-state index in [0.29, 0.717) is 17.0 Å². The van der Waals surface area contributed by atoms with Crippen molar-refractivity contribution in [2.45, 2.75) is 6.54 Å². The van der Waals surface area contributed by atoms with Crippen LogP contribution in [0, 0.1) is 15.9 Å². The Bertz CT molecular complexity index is 568. The molecule has 0 aliphatic carbocycles. The van der Waals surface area contributed by atoms with E-state index in [1.54, 1.807) is 6.07 Å². The van der Waals surface area contributed by atoms with Crippen molar-refractivity contribution in [1.29, 1.82) is 0 Å². The molecule has 2 rings (SSSR count). The average molecular weight is 237 g/mol. The van der Waals surface area contributed by atoms with Crippen molar-refractivity contribution < 1.29 is 13.8 Å². The van der Waals surface area contributed by atoms with Gasteiger partial charge in [-0.3, -0.25) is 10.1 Å². The zero-order valence-corrected chi connectivity index (χ0v) is 8.59. The number of hydrogen-bond donors (Lipinski definition) is 1. The average Bonchev–Trinajstić information content (AvgIpc) is 2.78. The molecule has 0 aliphatic heterocycles. The number of nitro benzene ring substituents is 1. The zero-order valence-electron chi connectivity index (χ0n) is 8.59. The van der Waals surface area contributed by atoms with E-state index in [1.165, 1.54) is 6.07 Å². The van der Waals surface area contributed by atoms with Crippen molar-refractivity contribution in [3.05, 3.63) is 46.0 Å². The Morgan fingerprint density at radius 3 is 2.82 bits per heavy atom. The molecule has 1 heterocycles. The lowest BCUT2D eigenvalue weighted by Crippen LogP contribution is -1.93. The van der Waals surface area contributed by atoms with Crippen molar-refractivity contribution in [2.24, 2.45) is 5.73 Å². The highest BCUT2D eigenvalue weighted by Crippen LogP contribution is 2.25. The molecule has 88 valence electrons. The molecule has 0 aliphatic rings. The molecule has 2 N–H and O–H groups in total. The Balaban J connectivity index is 2.46. The number of nitro groups is 1. The molecule has 0 saturated carbocycles. The number of benzene rings is 1. The lowest BCUT2D eigenvalue weighted by molar-refractivity contribution is -0.387. The van der Waals surface area contributed by atoms with Crippen LogP contribution in [0.2, 0.25) is 0 Å². The molecule has 0 fully saturated rings. The predicted molar refractivity (Wildman–Crippen MR) is 56.4 cm³/mol. The van der Waals surface area contributed by atoms with E-state index in [1.807, 2.05) is 0 Å². The third kappa shape index (κ3) is 2.13. The first-order valence-electron chi connectivity index (χ1n) is 4.72. The maximum Gasteiger partial charge on any atom is 0.305 e. The summed E-state index contributed by atoms with van der Waals surface area (Å²) in [5, 5.41) is 14.3. The van der Waals surface area contributed by atoms with E-state index in [2.05, 4.69) is 5.16 Å². The van der Waals surface area contributed by atoms with Crippen LogP contribution in [0.4, 0.5) is 10.1 Å². The summed E-state index contributed by atoms with van der Waals surface area (Å²) in [6.07, 6.45) is 0. The van der Waals surface area contributed by atoms with Crippen LogP contribution in [-0.2, 0) is 6.54 Å². The molecule has 1 aromatic heterocycles. The summed E-state index contributed by atoms with van der Waals surface area (Å²) in [6, 6.07) is 5.06. The summed E-state index contributed by atoms with van der Waals surface area (Å²) in [4.78, 5) is 9.78. The molecular formula is C10H8FN3O3. The highest BCUT2D eigenvalue weighted by molar-refractivity contribution is 5.62. The van der Waals surface area contributed by atoms with Gasteiger partial charge in [0, 0.05) is 17.7 Å². The van der Waals surface area contributed by atoms with Crippen molar-refractivity contribution >= 4 is 5.69 Å². The molecule has 0 radical (unpaired) electrons. The monoisotopic (exact) mass is 237 g/mol. The minimum Gasteiger partial charge on any atom is -0.359 e. The van der Waals surface area contributed by atoms with Crippen LogP contribution in [0.15, 0.2) is 28.8 Å². The van der Waals surface area contributed by atoms with Crippen molar-refractivity contribution in [2.75, 3.05) is 0 Å². The third-order valence-corrected chi connectivity index (χ3v) is 2.20. The van der Waals surface area contributed by atoms with Gasteiger partial charge >= 0.3 is 5.69 Å². The first kappa shape index (κ1) is 11.2. The fraction of sp³-hybridized carbons (Fsp3) is 0.100. The van der Waals surface area contributed by atoms with Crippen LogP contribution in [0.25, 0.3) is 11.3 Å². The summed E-state index contributed by atoms with van der Waals surface area (Å²) in [7, 11) is 0. The number of aromatic nitrogens is 1. The standard InChI is InChI=1S/C10H8FN3O3/c11-8-2-1-6(3-10(8)14(15)16)9-4-7(5-12)17-13-9/h1-4H,5,12H2. The van der Waals surface area contributed by atoms with E-state index in [9.17, 15) is 14.5 Å². The van der Waals surface area contributed by atoms with Crippen LogP contribution in [0.3, 0.4) is 0 Å². The highest BCUT2D eigenvalue weighted by Gasteiger charge is 2.16. The van der Waals surface area contributed by atoms with Gasteiger partial charge < -0.3 is 10.3 Å². The van der Waals surface area contributed by atoms with Gasteiger partial charge in [-0.15, -0.1) is 0 Å². The van der Waals surface area contributed by atoms with Crippen LogP contribution in [0.1, 0.15) is 5.76 Å². The molecule has 0 unspecified atom stereocenters. The van der Waals surface area contributed by atoms with Crippen molar-refractivity contribution in [3.63, 3.8) is 0 Å². The number of nitrogens with two attached hydrogens (primary N) is 1. The molecule has 2 aromatic rings. The van der Waals surface area contributed by atoms with Gasteiger partial charge in [0.2, 0.25) is 5.82 Å². The number of nitrogens with zero attached hydrogens (tertiary/aromatic N) is 2. The van der Waals surface area contributed by atoms with Crippen LogP contribution in [-0.4, -0.2) is 10.1 Å². The van der Waals surface area contributed by atoms with Crippen LogP contribution in [0.5, 0.6) is 0 Å². The van der Waals surface area contributed by atoms with Gasteiger partial charge in [-0.25, -0.2) is 0 Å². The maximum absolute atomic E-state index is 13.1. The molecule has 0 spiro atoms. The lowest BCUT2D eigenvalue weighted by Gasteiger charge is -1.97. The van der Waals surface area contributed by atoms with Gasteiger partial charge in [-0.05, 0) is 12.1 Å². The molecule has 0 amide bonds. The normalized spacial score (nSPS) is 10.5. The second-order valence-corrected chi connectivity index (χ2v) is 3.31. The van der Waals surface area contributed by atoms with E-state index in [0.717, 1.165) is 12.1 Å². The smallest absolute Gasteiger partial charge is 0.305 e. The third-order valence-electron chi connectivity index (χ3n) is 2.20. The quantitative estimate of drug-likeness (QED) is 0.649. The fourth-order valence-corrected chi connectivity index (χ4v) is 1.36. The van der Waals surface area contributed by atoms with E-state index < -0.39 is 16.4 Å². The summed E-state index contributed by atoms with van der Waals surface area (Å²) < 4.78 is 18.0. The first-order valence-corrected chi connectivity index (χ1v) is 4.72. The van der Waals surface area contributed by atoms with Gasteiger partial charge in [0.15, 0.2) is 5.76 Å². The van der Waals surface area contributed by atoms with E-state index in [-0.39, 0.29) is 6.54 Å². The Hall–Kier alpha value is -2.28. The molecule has 7 heteroatoms. The summed E-state index contributed by atoms with van der Waals surface area (Å²) in [6.45, 7) is 0.177. The SMILES string of the molecule is NCc1cc(-c2ccc(F)c([N+](=O)[O-])c2)no1. The van der Waals surface area contributed by atoms with Gasteiger partial charge in [-0.2, -0.15) is 4.39 Å². The van der Waals surface area contributed by atoms with Gasteiger partial charge in [0.05, 0.1) is 11.5 Å². The van der Waals surface area contributed by atoms with E-state index >= 15 is 0 Å². The van der Waals surface area contributed by atoms with Crippen molar-refractivity contribution in [3.8, 4) is 11.3 Å². The van der Waals surface area contributed by atoms with Crippen LogP contribution < -0.4 is 5.73 Å². The van der Waals surface area contributed by atoms with Gasteiger partial charge in [-0.1, -0.05) is 5.16 Å². The topological polar surface area (TPSA) is 95.2 Å². The zero-order chi connectivity index (χ0) is 12.4. The number of hydrogen-bond acceptors (Lipinski definition) is 5. The minimum absolute atomic E-state index is 0.177. The predicted octanol–water partition coefficient (Wildman–Crippen LogP) is 1.85. The molecule has 0 bridgehead atoms. The maximum atomic E-state index is 13.1. The second-order valence-electron chi connectivity index (χ2n) is 3.31.